The number of fused-ring (bicyclic) bond motifs is 1. The van der Waals surface area contributed by atoms with Crippen LogP contribution in [0.2, 0.25) is 0 Å². The fourth-order valence-corrected chi connectivity index (χ4v) is 3.51. The maximum absolute atomic E-state index is 13.4. The van der Waals surface area contributed by atoms with E-state index in [0.29, 0.717) is 16.7 Å². The second-order valence-electron chi connectivity index (χ2n) is 7.27. The van der Waals surface area contributed by atoms with Gasteiger partial charge in [0.1, 0.15) is 17.2 Å². The average Bonchev–Trinajstić information content (AvgIpc) is 2.70. The molecule has 0 fully saturated rings. The number of anilines is 1. The molecule has 2 aromatic carbocycles. The standard InChI is InChI=1S/C24H21FN2O2/c1-14-10-19(16(3)27-21-5-4-18(25)12-15(21)2)24-20(11-14)22(28)13-23(29-24)17-6-8-26-9-7-17/h4-13,16,27H,1-3H3. The SMILES string of the molecule is Cc1cc(C(C)Nc2ccc(F)cc2C)c2oc(-c3ccncc3)cc(=O)c2c1. The summed E-state index contributed by atoms with van der Waals surface area (Å²) in [6.45, 7) is 5.80. The van der Waals surface area contributed by atoms with Crippen LogP contribution < -0.4 is 10.7 Å². The largest absolute Gasteiger partial charge is 0.455 e. The Balaban J connectivity index is 1.84. The lowest BCUT2D eigenvalue weighted by molar-refractivity contribution is 0.610. The number of benzene rings is 2. The van der Waals surface area contributed by atoms with Gasteiger partial charge in [0.15, 0.2) is 5.43 Å². The highest BCUT2D eigenvalue weighted by Crippen LogP contribution is 2.31. The summed E-state index contributed by atoms with van der Waals surface area (Å²) < 4.78 is 19.6. The van der Waals surface area contributed by atoms with Gasteiger partial charge in [0.25, 0.3) is 0 Å². The second-order valence-corrected chi connectivity index (χ2v) is 7.27. The van der Waals surface area contributed by atoms with Gasteiger partial charge in [-0.25, -0.2) is 4.39 Å². The summed E-state index contributed by atoms with van der Waals surface area (Å²) >= 11 is 0. The molecule has 2 aromatic heterocycles. The van der Waals surface area contributed by atoms with E-state index in [1.165, 1.54) is 18.2 Å². The minimum atomic E-state index is -0.269. The first-order valence-electron chi connectivity index (χ1n) is 9.44. The van der Waals surface area contributed by atoms with E-state index in [0.717, 1.165) is 27.9 Å². The summed E-state index contributed by atoms with van der Waals surface area (Å²) in [5.74, 6) is 0.231. The predicted octanol–water partition coefficient (Wildman–Crippen LogP) is 5.78. The number of hydrogen-bond donors (Lipinski definition) is 1. The third kappa shape index (κ3) is 3.76. The van der Waals surface area contributed by atoms with Crippen molar-refractivity contribution < 1.29 is 8.81 Å². The van der Waals surface area contributed by atoms with Crippen molar-refractivity contribution >= 4 is 16.7 Å². The number of halogens is 1. The van der Waals surface area contributed by atoms with Crippen LogP contribution in [-0.4, -0.2) is 4.98 Å². The summed E-state index contributed by atoms with van der Waals surface area (Å²) in [7, 11) is 0. The molecule has 146 valence electrons. The van der Waals surface area contributed by atoms with Gasteiger partial charge < -0.3 is 9.73 Å². The van der Waals surface area contributed by atoms with Crippen LogP contribution in [0.4, 0.5) is 10.1 Å². The number of aryl methyl sites for hydroxylation is 2. The Hall–Kier alpha value is -3.47. The zero-order valence-electron chi connectivity index (χ0n) is 16.5. The highest BCUT2D eigenvalue weighted by molar-refractivity contribution is 5.83. The molecule has 4 aromatic rings. The van der Waals surface area contributed by atoms with Gasteiger partial charge in [-0.15, -0.1) is 0 Å². The molecule has 1 N–H and O–H groups in total. The van der Waals surface area contributed by atoms with Gasteiger partial charge in [0, 0.05) is 35.3 Å². The van der Waals surface area contributed by atoms with Gasteiger partial charge in [0.05, 0.1) is 11.4 Å². The minimum absolute atomic E-state index is 0.0897. The molecule has 0 saturated heterocycles. The number of aromatic nitrogens is 1. The smallest absolute Gasteiger partial charge is 0.193 e. The quantitative estimate of drug-likeness (QED) is 0.481. The van der Waals surface area contributed by atoms with Crippen LogP contribution in [0.25, 0.3) is 22.3 Å². The van der Waals surface area contributed by atoms with E-state index in [2.05, 4.69) is 10.3 Å². The van der Waals surface area contributed by atoms with E-state index >= 15 is 0 Å². The Morgan fingerprint density at radius 2 is 1.79 bits per heavy atom. The number of hydrogen-bond acceptors (Lipinski definition) is 4. The Morgan fingerprint density at radius 1 is 1.03 bits per heavy atom. The van der Waals surface area contributed by atoms with Crippen molar-refractivity contribution in [2.75, 3.05) is 5.32 Å². The number of pyridine rings is 1. The Labute approximate surface area is 168 Å². The zero-order chi connectivity index (χ0) is 20.5. The van der Waals surface area contributed by atoms with E-state index in [1.807, 2.05) is 45.0 Å². The van der Waals surface area contributed by atoms with Crippen molar-refractivity contribution in [2.24, 2.45) is 0 Å². The number of nitrogens with zero attached hydrogens (tertiary/aromatic N) is 1. The molecule has 29 heavy (non-hydrogen) atoms. The lowest BCUT2D eigenvalue weighted by Crippen LogP contribution is -2.11. The van der Waals surface area contributed by atoms with Crippen LogP contribution in [0.5, 0.6) is 0 Å². The second kappa shape index (κ2) is 7.51. The monoisotopic (exact) mass is 388 g/mol. The van der Waals surface area contributed by atoms with Gasteiger partial charge in [-0.3, -0.25) is 9.78 Å². The lowest BCUT2D eigenvalue weighted by atomic mass is 10.0. The van der Waals surface area contributed by atoms with Gasteiger partial charge in [-0.05, 0) is 68.3 Å². The molecule has 0 aliphatic rings. The molecule has 1 atom stereocenters. The first-order valence-corrected chi connectivity index (χ1v) is 9.44. The number of rotatable bonds is 4. The molecular formula is C24H21FN2O2. The van der Waals surface area contributed by atoms with Gasteiger partial charge >= 0.3 is 0 Å². The van der Waals surface area contributed by atoms with Gasteiger partial charge in [0.2, 0.25) is 0 Å². The molecule has 5 heteroatoms. The zero-order valence-corrected chi connectivity index (χ0v) is 16.5. The summed E-state index contributed by atoms with van der Waals surface area (Å²) in [5.41, 5.74) is 4.75. The third-order valence-corrected chi connectivity index (χ3v) is 4.99. The van der Waals surface area contributed by atoms with Crippen molar-refractivity contribution in [3.63, 3.8) is 0 Å². The predicted molar refractivity (Wildman–Crippen MR) is 114 cm³/mol. The highest BCUT2D eigenvalue weighted by Gasteiger charge is 2.17. The summed E-state index contributed by atoms with van der Waals surface area (Å²) in [4.78, 5) is 16.8. The van der Waals surface area contributed by atoms with Crippen LogP contribution >= 0.6 is 0 Å². The maximum atomic E-state index is 13.4. The molecular weight excluding hydrogens is 367 g/mol. The normalized spacial score (nSPS) is 12.1. The first-order chi connectivity index (χ1) is 13.9. The summed E-state index contributed by atoms with van der Waals surface area (Å²) in [6.07, 6.45) is 3.33. The average molecular weight is 388 g/mol. The molecule has 0 radical (unpaired) electrons. The topological polar surface area (TPSA) is 55.1 Å². The molecule has 4 rings (SSSR count). The van der Waals surface area contributed by atoms with E-state index < -0.39 is 0 Å². The summed E-state index contributed by atoms with van der Waals surface area (Å²) in [6, 6.07) is 13.5. The minimum Gasteiger partial charge on any atom is -0.455 e. The van der Waals surface area contributed by atoms with Crippen molar-refractivity contribution in [1.82, 2.24) is 4.98 Å². The maximum Gasteiger partial charge on any atom is 0.193 e. The van der Waals surface area contributed by atoms with Gasteiger partial charge in [-0.2, -0.15) is 0 Å². The Bertz CT molecular complexity index is 1250. The summed E-state index contributed by atoms with van der Waals surface area (Å²) in [5, 5.41) is 3.96. The fourth-order valence-electron chi connectivity index (χ4n) is 3.51. The Kier molecular flexibility index (Phi) is 4.89. The molecule has 1 unspecified atom stereocenters. The first kappa shape index (κ1) is 18.9. The van der Waals surface area contributed by atoms with Crippen molar-refractivity contribution in [2.45, 2.75) is 26.8 Å². The van der Waals surface area contributed by atoms with E-state index in [4.69, 9.17) is 4.42 Å². The van der Waals surface area contributed by atoms with Crippen LogP contribution in [0.1, 0.15) is 29.7 Å². The fraction of sp³-hybridized carbons (Fsp3) is 0.167. The molecule has 2 heterocycles. The molecule has 0 bridgehead atoms. The third-order valence-electron chi connectivity index (χ3n) is 4.99. The lowest BCUT2D eigenvalue weighted by Gasteiger charge is -2.19. The Morgan fingerprint density at radius 3 is 2.52 bits per heavy atom. The van der Waals surface area contributed by atoms with Crippen LogP contribution in [0, 0.1) is 19.7 Å². The van der Waals surface area contributed by atoms with Gasteiger partial charge in [-0.1, -0.05) is 6.07 Å². The molecule has 0 aliphatic carbocycles. The van der Waals surface area contributed by atoms with E-state index in [-0.39, 0.29) is 17.3 Å². The number of nitrogens with one attached hydrogen (secondary N) is 1. The van der Waals surface area contributed by atoms with Crippen molar-refractivity contribution in [1.29, 1.82) is 0 Å². The van der Waals surface area contributed by atoms with E-state index in [1.54, 1.807) is 18.5 Å². The molecule has 0 spiro atoms. The van der Waals surface area contributed by atoms with Crippen molar-refractivity contribution in [3.05, 3.63) is 93.7 Å². The molecule has 0 saturated carbocycles. The van der Waals surface area contributed by atoms with Crippen LogP contribution in [0.3, 0.4) is 0 Å². The highest BCUT2D eigenvalue weighted by atomic mass is 19.1. The van der Waals surface area contributed by atoms with E-state index in [9.17, 15) is 9.18 Å². The molecule has 0 aliphatic heterocycles. The van der Waals surface area contributed by atoms with Crippen LogP contribution in [0.15, 0.2) is 70.1 Å². The molecule has 4 nitrogen and oxygen atoms in total. The van der Waals surface area contributed by atoms with Crippen LogP contribution in [-0.2, 0) is 0 Å². The molecule has 0 amide bonds. The van der Waals surface area contributed by atoms with Crippen molar-refractivity contribution in [3.8, 4) is 11.3 Å².